The van der Waals surface area contributed by atoms with E-state index >= 15 is 0 Å². The van der Waals surface area contributed by atoms with Gasteiger partial charge >= 0.3 is 0 Å². The van der Waals surface area contributed by atoms with E-state index in [4.69, 9.17) is 0 Å². The summed E-state index contributed by atoms with van der Waals surface area (Å²) in [7, 11) is 0. The summed E-state index contributed by atoms with van der Waals surface area (Å²) in [6.07, 6.45) is 8.51. The molecule has 3 heteroatoms. The minimum atomic E-state index is 0.416. The molecule has 3 nitrogen and oxygen atoms in total. The summed E-state index contributed by atoms with van der Waals surface area (Å²) < 4.78 is 0. The molecule has 2 heterocycles. The molecule has 0 bridgehead atoms. The molecule has 2 aliphatic rings. The predicted octanol–water partition coefficient (Wildman–Crippen LogP) is 2.36. The molecule has 0 radical (unpaired) electrons. The number of rotatable bonds is 3. The van der Waals surface area contributed by atoms with E-state index < -0.39 is 0 Å². The quantitative estimate of drug-likeness (QED) is 0.903. The molecule has 1 N–H and O–H groups in total. The second-order valence-electron chi connectivity index (χ2n) is 6.09. The van der Waals surface area contributed by atoms with Gasteiger partial charge in [0.1, 0.15) is 0 Å². The molecular weight excluding hydrogens is 234 g/mol. The van der Waals surface area contributed by atoms with Crippen LogP contribution in [0, 0.1) is 0 Å². The molecule has 2 fully saturated rings. The molecule has 3 rings (SSSR count). The zero-order valence-corrected chi connectivity index (χ0v) is 12.0. The average molecular weight is 259 g/mol. The van der Waals surface area contributed by atoms with Crippen molar-refractivity contribution in [3.63, 3.8) is 0 Å². The molecule has 104 valence electrons. The van der Waals surface area contributed by atoms with Gasteiger partial charge in [0.15, 0.2) is 0 Å². The van der Waals surface area contributed by atoms with Crippen LogP contribution in [0.15, 0.2) is 18.3 Å². The molecular formula is C16H25N3. The van der Waals surface area contributed by atoms with Gasteiger partial charge in [-0.1, -0.05) is 25.8 Å². The Bertz CT molecular complexity index is 424. The van der Waals surface area contributed by atoms with Crippen molar-refractivity contribution in [2.75, 3.05) is 19.6 Å². The van der Waals surface area contributed by atoms with Crippen LogP contribution in [0.3, 0.4) is 0 Å². The predicted molar refractivity (Wildman–Crippen MR) is 78.1 cm³/mol. The fourth-order valence-electron chi connectivity index (χ4n) is 3.71. The first-order chi connectivity index (χ1) is 9.31. The van der Waals surface area contributed by atoms with Crippen molar-refractivity contribution in [2.24, 2.45) is 0 Å². The monoisotopic (exact) mass is 259 g/mol. The van der Waals surface area contributed by atoms with Crippen molar-refractivity contribution in [1.29, 1.82) is 0 Å². The fraction of sp³-hybridized carbons (Fsp3) is 0.688. The average Bonchev–Trinajstić information content (AvgIpc) is 2.87. The third-order valence-corrected chi connectivity index (χ3v) is 4.75. The lowest BCUT2D eigenvalue weighted by Gasteiger charge is -2.41. The zero-order valence-electron chi connectivity index (χ0n) is 12.0. The van der Waals surface area contributed by atoms with Crippen LogP contribution in [-0.4, -0.2) is 35.1 Å². The van der Waals surface area contributed by atoms with Gasteiger partial charge in [-0.15, -0.1) is 0 Å². The molecule has 0 aromatic carbocycles. The minimum Gasteiger partial charge on any atom is -0.309 e. The van der Waals surface area contributed by atoms with E-state index in [2.05, 4.69) is 34.3 Å². The molecule has 1 aliphatic heterocycles. The van der Waals surface area contributed by atoms with Gasteiger partial charge in [-0.2, -0.15) is 0 Å². The van der Waals surface area contributed by atoms with E-state index in [1.165, 1.54) is 43.5 Å². The Labute approximate surface area is 116 Å². The van der Waals surface area contributed by atoms with Gasteiger partial charge in [-0.05, 0) is 30.9 Å². The highest BCUT2D eigenvalue weighted by molar-refractivity contribution is 5.19. The second-order valence-corrected chi connectivity index (χ2v) is 6.09. The van der Waals surface area contributed by atoms with Crippen LogP contribution >= 0.6 is 0 Å². The van der Waals surface area contributed by atoms with Crippen LogP contribution in [0.2, 0.25) is 0 Å². The summed E-state index contributed by atoms with van der Waals surface area (Å²) in [6, 6.07) is 4.27. The number of aromatic nitrogens is 1. The van der Waals surface area contributed by atoms with Crippen molar-refractivity contribution >= 4 is 0 Å². The largest absolute Gasteiger partial charge is 0.309 e. The van der Waals surface area contributed by atoms with Crippen LogP contribution < -0.4 is 5.32 Å². The van der Waals surface area contributed by atoms with E-state index in [-0.39, 0.29) is 0 Å². The lowest BCUT2D eigenvalue weighted by Crippen LogP contribution is -2.58. The van der Waals surface area contributed by atoms with Crippen LogP contribution in [0.1, 0.15) is 43.9 Å². The Balaban J connectivity index is 1.69. The summed E-state index contributed by atoms with van der Waals surface area (Å²) in [5.41, 5.74) is 3.10. The van der Waals surface area contributed by atoms with Crippen molar-refractivity contribution in [3.8, 4) is 0 Å². The van der Waals surface area contributed by atoms with E-state index in [0.717, 1.165) is 26.1 Å². The van der Waals surface area contributed by atoms with Gasteiger partial charge < -0.3 is 5.32 Å². The molecule has 1 aromatic heterocycles. The van der Waals surface area contributed by atoms with Gasteiger partial charge in [0.25, 0.3) is 0 Å². The standard InChI is InChI=1S/C16H25N3/c1-2-14-6-5-9-17-15(14)12-19-11-10-18-16(13-19)7-3-4-8-16/h5-6,9,18H,2-4,7-8,10-13H2,1H3. The number of nitrogens with one attached hydrogen (secondary N) is 1. The number of hydrogen-bond acceptors (Lipinski definition) is 3. The van der Waals surface area contributed by atoms with E-state index in [9.17, 15) is 0 Å². The molecule has 1 aromatic rings. The Kier molecular flexibility index (Phi) is 3.85. The van der Waals surface area contributed by atoms with Crippen molar-refractivity contribution in [1.82, 2.24) is 15.2 Å². The second kappa shape index (κ2) is 5.59. The topological polar surface area (TPSA) is 28.2 Å². The molecule has 0 unspecified atom stereocenters. The maximum absolute atomic E-state index is 4.60. The molecule has 0 amide bonds. The maximum atomic E-state index is 4.60. The summed E-state index contributed by atoms with van der Waals surface area (Å²) in [5.74, 6) is 0. The third kappa shape index (κ3) is 2.82. The molecule has 1 aliphatic carbocycles. The van der Waals surface area contributed by atoms with Crippen molar-refractivity contribution < 1.29 is 0 Å². The summed E-state index contributed by atoms with van der Waals surface area (Å²) in [6.45, 7) is 6.73. The van der Waals surface area contributed by atoms with E-state index in [1.54, 1.807) is 0 Å². The SMILES string of the molecule is CCc1cccnc1CN1CCNC2(CCCC2)C1. The lowest BCUT2D eigenvalue weighted by molar-refractivity contribution is 0.127. The number of nitrogens with zero attached hydrogens (tertiary/aromatic N) is 2. The first kappa shape index (κ1) is 13.1. The third-order valence-electron chi connectivity index (χ3n) is 4.75. The molecule has 1 spiro atoms. The normalized spacial score (nSPS) is 23.0. The van der Waals surface area contributed by atoms with Crippen molar-refractivity contribution in [3.05, 3.63) is 29.6 Å². The van der Waals surface area contributed by atoms with Crippen molar-refractivity contribution in [2.45, 2.75) is 51.1 Å². The fourth-order valence-corrected chi connectivity index (χ4v) is 3.71. The van der Waals surface area contributed by atoms with Gasteiger partial charge in [-0.25, -0.2) is 0 Å². The summed E-state index contributed by atoms with van der Waals surface area (Å²) in [5, 5.41) is 3.78. The maximum Gasteiger partial charge on any atom is 0.0575 e. The van der Waals surface area contributed by atoms with Crippen LogP contribution in [0.25, 0.3) is 0 Å². The Morgan fingerprint density at radius 2 is 2.21 bits per heavy atom. The highest BCUT2D eigenvalue weighted by Gasteiger charge is 2.37. The molecule has 0 atom stereocenters. The Morgan fingerprint density at radius 3 is 3.00 bits per heavy atom. The van der Waals surface area contributed by atoms with E-state index in [0.29, 0.717) is 5.54 Å². The van der Waals surface area contributed by atoms with Gasteiger partial charge in [0.05, 0.1) is 5.69 Å². The zero-order chi connectivity index (χ0) is 13.1. The van der Waals surface area contributed by atoms with Gasteiger partial charge in [-0.3, -0.25) is 9.88 Å². The number of aryl methyl sites for hydroxylation is 1. The smallest absolute Gasteiger partial charge is 0.0575 e. The van der Waals surface area contributed by atoms with Crippen LogP contribution in [0.4, 0.5) is 0 Å². The minimum absolute atomic E-state index is 0.416. The summed E-state index contributed by atoms with van der Waals surface area (Å²) in [4.78, 5) is 7.20. The Hall–Kier alpha value is -0.930. The molecule has 19 heavy (non-hydrogen) atoms. The number of hydrogen-bond donors (Lipinski definition) is 1. The lowest BCUT2D eigenvalue weighted by atomic mass is 9.94. The first-order valence-corrected chi connectivity index (χ1v) is 7.71. The Morgan fingerprint density at radius 1 is 1.37 bits per heavy atom. The van der Waals surface area contributed by atoms with Crippen LogP contribution in [-0.2, 0) is 13.0 Å². The van der Waals surface area contributed by atoms with Gasteiger partial charge in [0.2, 0.25) is 0 Å². The van der Waals surface area contributed by atoms with Gasteiger partial charge in [0, 0.05) is 37.9 Å². The number of piperazine rings is 1. The molecule has 1 saturated carbocycles. The highest BCUT2D eigenvalue weighted by Crippen LogP contribution is 2.32. The van der Waals surface area contributed by atoms with E-state index in [1.807, 2.05) is 6.20 Å². The molecule has 1 saturated heterocycles. The van der Waals surface area contributed by atoms with Crippen LogP contribution in [0.5, 0.6) is 0 Å². The highest BCUT2D eigenvalue weighted by atomic mass is 15.2. The summed E-state index contributed by atoms with van der Waals surface area (Å²) >= 11 is 0. The number of pyridine rings is 1. The first-order valence-electron chi connectivity index (χ1n) is 7.71.